The monoisotopic (exact) mass is 167 g/mol. The Morgan fingerprint density at radius 2 is 2.09 bits per heavy atom. The number of Topliss-reactive ketones (excluding diaryl/α,β-unsaturated/α-hetero) is 1. The summed E-state index contributed by atoms with van der Waals surface area (Å²) in [4.78, 5) is 10.5. The maximum atomic E-state index is 11.7. The van der Waals surface area contributed by atoms with Crippen LogP contribution in [-0.2, 0) is 4.79 Å². The molecule has 1 aliphatic heterocycles. The third-order valence-electron chi connectivity index (χ3n) is 1.66. The number of ketones is 1. The number of carbonyl (C=O) groups is 1. The number of carbonyl (C=O) groups excluding carboxylic acids is 1. The lowest BCUT2D eigenvalue weighted by atomic mass is 10.1. The smallest absolute Gasteiger partial charge is 0.307 e. The summed E-state index contributed by atoms with van der Waals surface area (Å²) in [5.74, 6) is -1.64. The molecule has 1 saturated heterocycles. The molecule has 5 heteroatoms. The molecule has 1 fully saturated rings. The van der Waals surface area contributed by atoms with Crippen molar-refractivity contribution in [3.63, 3.8) is 0 Å². The zero-order chi connectivity index (χ0) is 8.48. The summed E-state index contributed by atoms with van der Waals surface area (Å²) in [5.41, 5.74) is 0. The third-order valence-corrected chi connectivity index (χ3v) is 1.66. The maximum absolute atomic E-state index is 11.7. The molecule has 1 heterocycles. The predicted octanol–water partition coefficient (Wildman–Crippen LogP) is 0.870. The molecule has 0 spiro atoms. The van der Waals surface area contributed by atoms with Gasteiger partial charge in [-0.1, -0.05) is 0 Å². The van der Waals surface area contributed by atoms with Crippen molar-refractivity contribution < 1.29 is 18.0 Å². The normalized spacial score (nSPS) is 25.5. The van der Waals surface area contributed by atoms with Gasteiger partial charge in [0.05, 0.1) is 6.04 Å². The second kappa shape index (κ2) is 2.81. The first-order valence-electron chi connectivity index (χ1n) is 3.36. The van der Waals surface area contributed by atoms with E-state index in [1.165, 1.54) is 0 Å². The Hall–Kier alpha value is -0.580. The Labute approximate surface area is 61.8 Å². The fraction of sp³-hybridized carbons (Fsp3) is 0.833. The van der Waals surface area contributed by atoms with Crippen LogP contribution < -0.4 is 5.32 Å². The molecule has 0 aromatic carbocycles. The second-order valence-corrected chi connectivity index (χ2v) is 2.51. The van der Waals surface area contributed by atoms with Crippen LogP contribution in [0.15, 0.2) is 0 Å². The van der Waals surface area contributed by atoms with Crippen LogP contribution in [-0.4, -0.2) is 24.5 Å². The van der Waals surface area contributed by atoms with Crippen LogP contribution in [0.5, 0.6) is 0 Å². The minimum atomic E-state index is -4.68. The highest BCUT2D eigenvalue weighted by atomic mass is 19.4. The molecule has 0 aromatic heterocycles. The molecular formula is C6H8F3NO. The Morgan fingerprint density at radius 1 is 1.45 bits per heavy atom. The van der Waals surface area contributed by atoms with Gasteiger partial charge in [0, 0.05) is 0 Å². The molecule has 0 saturated carbocycles. The number of halogens is 3. The van der Waals surface area contributed by atoms with Gasteiger partial charge < -0.3 is 5.32 Å². The van der Waals surface area contributed by atoms with E-state index in [1.54, 1.807) is 0 Å². The maximum Gasteiger partial charge on any atom is 0.451 e. The Bertz CT molecular complexity index is 160. The zero-order valence-electron chi connectivity index (χ0n) is 5.74. The van der Waals surface area contributed by atoms with E-state index in [2.05, 4.69) is 5.32 Å². The fourth-order valence-electron chi connectivity index (χ4n) is 1.11. The summed E-state index contributed by atoms with van der Waals surface area (Å²) in [5, 5.41) is 2.49. The van der Waals surface area contributed by atoms with Crippen molar-refractivity contribution in [2.75, 3.05) is 6.54 Å². The SMILES string of the molecule is O=C([C@@H]1CCCN1)C(F)(F)F. The van der Waals surface area contributed by atoms with E-state index in [0.29, 0.717) is 19.4 Å². The molecule has 0 aliphatic carbocycles. The number of hydrogen-bond donors (Lipinski definition) is 1. The van der Waals surface area contributed by atoms with E-state index in [1.807, 2.05) is 0 Å². The number of hydrogen-bond acceptors (Lipinski definition) is 2. The Balaban J connectivity index is 2.53. The number of nitrogens with one attached hydrogen (secondary N) is 1. The highest BCUT2D eigenvalue weighted by molar-refractivity contribution is 5.89. The molecule has 11 heavy (non-hydrogen) atoms. The highest BCUT2D eigenvalue weighted by Crippen LogP contribution is 2.21. The van der Waals surface area contributed by atoms with E-state index in [4.69, 9.17) is 0 Å². The van der Waals surface area contributed by atoms with Crippen LogP contribution in [0, 0.1) is 0 Å². The predicted molar refractivity (Wildman–Crippen MR) is 32.1 cm³/mol. The highest BCUT2D eigenvalue weighted by Gasteiger charge is 2.43. The van der Waals surface area contributed by atoms with E-state index < -0.39 is 18.0 Å². The molecule has 0 aromatic rings. The molecule has 2 nitrogen and oxygen atoms in total. The Morgan fingerprint density at radius 3 is 2.45 bits per heavy atom. The van der Waals surface area contributed by atoms with Gasteiger partial charge in [-0.25, -0.2) is 0 Å². The van der Waals surface area contributed by atoms with Crippen molar-refractivity contribution >= 4 is 5.78 Å². The van der Waals surface area contributed by atoms with Gasteiger partial charge in [-0.15, -0.1) is 0 Å². The number of alkyl halides is 3. The molecule has 64 valence electrons. The van der Waals surface area contributed by atoms with Gasteiger partial charge in [0.15, 0.2) is 0 Å². The van der Waals surface area contributed by atoms with Crippen molar-refractivity contribution in [2.45, 2.75) is 25.1 Å². The van der Waals surface area contributed by atoms with Gasteiger partial charge in [0.2, 0.25) is 0 Å². The van der Waals surface area contributed by atoms with E-state index in [9.17, 15) is 18.0 Å². The molecule has 1 aliphatic rings. The minimum absolute atomic E-state index is 0.304. The summed E-state index contributed by atoms with van der Waals surface area (Å²) < 4.78 is 35.1. The van der Waals surface area contributed by atoms with Gasteiger partial charge >= 0.3 is 6.18 Å². The van der Waals surface area contributed by atoms with Gasteiger partial charge in [-0.2, -0.15) is 13.2 Å². The molecule has 1 rings (SSSR count). The molecule has 0 bridgehead atoms. The van der Waals surface area contributed by atoms with Crippen molar-refractivity contribution in [3.8, 4) is 0 Å². The summed E-state index contributed by atoms with van der Waals surface area (Å²) in [6, 6.07) is -0.991. The molecular weight excluding hydrogens is 159 g/mol. The first kappa shape index (κ1) is 8.52. The number of rotatable bonds is 1. The van der Waals surface area contributed by atoms with Crippen LogP contribution in [0.4, 0.5) is 13.2 Å². The van der Waals surface area contributed by atoms with Crippen LogP contribution in [0.25, 0.3) is 0 Å². The van der Waals surface area contributed by atoms with Crippen molar-refractivity contribution in [1.29, 1.82) is 0 Å². The summed E-state index contributed by atoms with van der Waals surface area (Å²) in [6.45, 7) is 0.506. The molecule has 0 unspecified atom stereocenters. The van der Waals surface area contributed by atoms with Gasteiger partial charge in [-0.05, 0) is 19.4 Å². The molecule has 1 atom stereocenters. The molecule has 0 amide bonds. The molecule has 0 radical (unpaired) electrons. The largest absolute Gasteiger partial charge is 0.451 e. The van der Waals surface area contributed by atoms with Crippen LogP contribution in [0.3, 0.4) is 0 Å². The quantitative estimate of drug-likeness (QED) is 0.627. The summed E-state index contributed by atoms with van der Waals surface area (Å²) in [6.07, 6.45) is -3.73. The second-order valence-electron chi connectivity index (χ2n) is 2.51. The topological polar surface area (TPSA) is 29.1 Å². The standard InChI is InChI=1S/C6H8F3NO/c7-6(8,9)5(11)4-2-1-3-10-4/h4,10H,1-3H2/t4-/m0/s1. The van der Waals surface area contributed by atoms with E-state index in [-0.39, 0.29) is 0 Å². The summed E-state index contributed by atoms with van der Waals surface area (Å²) in [7, 11) is 0. The average Bonchev–Trinajstić information content (AvgIpc) is 2.34. The van der Waals surface area contributed by atoms with Gasteiger partial charge in [0.1, 0.15) is 0 Å². The first-order chi connectivity index (χ1) is 5.02. The lowest BCUT2D eigenvalue weighted by Gasteiger charge is -2.10. The van der Waals surface area contributed by atoms with E-state index in [0.717, 1.165) is 0 Å². The lowest BCUT2D eigenvalue weighted by Crippen LogP contribution is -2.40. The van der Waals surface area contributed by atoms with Crippen molar-refractivity contribution in [3.05, 3.63) is 0 Å². The van der Waals surface area contributed by atoms with Crippen LogP contribution in [0.1, 0.15) is 12.8 Å². The third kappa shape index (κ3) is 1.92. The lowest BCUT2D eigenvalue weighted by molar-refractivity contribution is -0.172. The average molecular weight is 167 g/mol. The van der Waals surface area contributed by atoms with Crippen molar-refractivity contribution in [1.82, 2.24) is 5.32 Å². The fourth-order valence-corrected chi connectivity index (χ4v) is 1.11. The van der Waals surface area contributed by atoms with Crippen LogP contribution in [0.2, 0.25) is 0 Å². The minimum Gasteiger partial charge on any atom is -0.307 e. The van der Waals surface area contributed by atoms with Gasteiger partial charge in [-0.3, -0.25) is 4.79 Å². The molecule has 1 N–H and O–H groups in total. The van der Waals surface area contributed by atoms with Gasteiger partial charge in [0.25, 0.3) is 5.78 Å². The van der Waals surface area contributed by atoms with Crippen molar-refractivity contribution in [2.24, 2.45) is 0 Å². The first-order valence-corrected chi connectivity index (χ1v) is 3.36. The Kier molecular flexibility index (Phi) is 2.17. The van der Waals surface area contributed by atoms with Crippen LogP contribution >= 0.6 is 0 Å². The van der Waals surface area contributed by atoms with E-state index >= 15 is 0 Å². The summed E-state index contributed by atoms with van der Waals surface area (Å²) >= 11 is 0. The zero-order valence-corrected chi connectivity index (χ0v) is 5.74.